The fourth-order valence-electron chi connectivity index (χ4n) is 2.60. The van der Waals surface area contributed by atoms with Crippen molar-refractivity contribution in [1.29, 1.82) is 0 Å². The molecule has 0 aliphatic heterocycles. The predicted octanol–water partition coefficient (Wildman–Crippen LogP) is 7.15. The van der Waals surface area contributed by atoms with E-state index in [1.165, 1.54) is 0 Å². The van der Waals surface area contributed by atoms with Crippen molar-refractivity contribution in [3.63, 3.8) is 0 Å². The number of aliphatic hydroxyl groups excluding tert-OH is 1. The molecule has 0 saturated carbocycles. The minimum Gasteiger partial charge on any atom is -0.388 e. The molecule has 1 rings (SSSR count). The van der Waals surface area contributed by atoms with E-state index in [2.05, 4.69) is 6.92 Å². The summed E-state index contributed by atoms with van der Waals surface area (Å²) in [5.74, 6) is 1.63. The van der Waals surface area contributed by atoms with Crippen molar-refractivity contribution in [3.05, 3.63) is 45.2 Å². The third kappa shape index (κ3) is 8.12. The van der Waals surface area contributed by atoms with Gasteiger partial charge in [0.05, 0.1) is 19.3 Å². The summed E-state index contributed by atoms with van der Waals surface area (Å²) in [4.78, 5) is 0. The summed E-state index contributed by atoms with van der Waals surface area (Å²) in [5.41, 5.74) is 1.62. The van der Waals surface area contributed by atoms with Gasteiger partial charge in [-0.1, -0.05) is 48.2 Å². The number of rotatable bonds is 12. The van der Waals surface area contributed by atoms with E-state index in [4.69, 9.17) is 32.2 Å². The van der Waals surface area contributed by atoms with Crippen molar-refractivity contribution in [2.75, 3.05) is 13.2 Å². The van der Waals surface area contributed by atoms with Gasteiger partial charge in [0.1, 0.15) is 0 Å². The van der Waals surface area contributed by atoms with E-state index in [9.17, 15) is 9.67 Å². The van der Waals surface area contributed by atoms with Crippen molar-refractivity contribution >= 4 is 30.8 Å². The lowest BCUT2D eigenvalue weighted by Crippen LogP contribution is -2.01. The third-order valence-electron chi connectivity index (χ3n) is 3.87. The summed E-state index contributed by atoms with van der Waals surface area (Å²) >= 11 is 12.1. The smallest absolute Gasteiger partial charge is 0.354 e. The van der Waals surface area contributed by atoms with Gasteiger partial charge in [-0.3, -0.25) is 4.57 Å². The van der Waals surface area contributed by atoms with E-state index in [1.807, 2.05) is 0 Å². The lowest BCUT2D eigenvalue weighted by Gasteiger charge is -2.17. The maximum absolute atomic E-state index is 12.8. The molecule has 0 bridgehead atoms. The number of hydrogen-bond acceptors (Lipinski definition) is 4. The first kappa shape index (κ1) is 23.7. The van der Waals surface area contributed by atoms with Crippen LogP contribution < -0.4 is 0 Å². The van der Waals surface area contributed by atoms with E-state index < -0.39 is 13.7 Å². The Morgan fingerprint density at radius 3 is 2.38 bits per heavy atom. The van der Waals surface area contributed by atoms with Crippen molar-refractivity contribution in [3.8, 4) is 0 Å². The number of unbranched alkanes of at least 4 members (excludes halogenated alkanes) is 1. The van der Waals surface area contributed by atoms with Gasteiger partial charge in [0, 0.05) is 15.9 Å². The number of hydrogen-bond donors (Lipinski definition) is 1. The van der Waals surface area contributed by atoms with Crippen LogP contribution in [0.4, 0.5) is 0 Å². The maximum atomic E-state index is 12.8. The molecule has 4 nitrogen and oxygen atoms in total. The number of benzene rings is 1. The topological polar surface area (TPSA) is 55.8 Å². The van der Waals surface area contributed by atoms with E-state index in [-0.39, 0.29) is 0 Å². The highest BCUT2D eigenvalue weighted by Crippen LogP contribution is 2.51. The Bertz CT molecular complexity index is 624. The highest BCUT2D eigenvalue weighted by Gasteiger charge is 2.22. The standard InChI is InChI=1S/C19H29Cl2O4P/c1-4-7-8-15(14-26(23,24-5-2)25-6-3)9-12-19(22)17-11-10-16(20)13-18(17)21/h10-11,13-14,19,22H,4-9,12H2,1-3H3/b15-14+. The Balaban J connectivity index is 2.89. The molecule has 0 radical (unpaired) electrons. The number of halogens is 2. The van der Waals surface area contributed by atoms with Crippen LogP contribution >= 0.6 is 30.8 Å². The Morgan fingerprint density at radius 2 is 1.85 bits per heavy atom. The fourth-order valence-corrected chi connectivity index (χ4v) is 4.79. The normalized spacial score (nSPS) is 13.8. The second-order valence-electron chi connectivity index (χ2n) is 5.99. The number of allylic oxidation sites excluding steroid dienone is 1. The molecule has 7 heteroatoms. The molecule has 0 aliphatic rings. The molecule has 1 atom stereocenters. The number of aliphatic hydroxyl groups is 1. The van der Waals surface area contributed by atoms with E-state index in [0.29, 0.717) is 41.7 Å². The predicted molar refractivity (Wildman–Crippen MR) is 109 cm³/mol. The molecule has 0 aliphatic carbocycles. The lowest BCUT2D eigenvalue weighted by atomic mass is 9.99. The van der Waals surface area contributed by atoms with Crippen molar-refractivity contribution in [2.45, 2.75) is 59.0 Å². The maximum Gasteiger partial charge on any atom is 0.354 e. The first-order chi connectivity index (χ1) is 12.3. The molecule has 0 fully saturated rings. The Kier molecular flexibility index (Phi) is 11.1. The van der Waals surface area contributed by atoms with Crippen LogP contribution in [0.15, 0.2) is 29.6 Å². The Labute approximate surface area is 167 Å². The average Bonchev–Trinajstić information content (AvgIpc) is 2.57. The van der Waals surface area contributed by atoms with Crippen molar-refractivity contribution in [1.82, 2.24) is 0 Å². The SMILES string of the molecule is CCCC/C(=C\P(=O)(OCC)OCC)CCC(O)c1ccc(Cl)cc1Cl. The Hall–Kier alpha value is -0.350. The van der Waals surface area contributed by atoms with Crippen LogP contribution in [0.3, 0.4) is 0 Å². The second kappa shape index (κ2) is 12.2. The van der Waals surface area contributed by atoms with E-state index in [1.54, 1.807) is 37.9 Å². The van der Waals surface area contributed by atoms with Crippen molar-refractivity contribution in [2.24, 2.45) is 0 Å². The van der Waals surface area contributed by atoms with Crippen LogP contribution in [-0.4, -0.2) is 18.3 Å². The molecule has 0 heterocycles. The molecule has 1 aromatic rings. The average molecular weight is 423 g/mol. The molecule has 0 amide bonds. The zero-order chi connectivity index (χ0) is 19.6. The van der Waals surface area contributed by atoms with Gasteiger partial charge in [0.25, 0.3) is 0 Å². The minimum absolute atomic E-state index is 0.317. The van der Waals surface area contributed by atoms with E-state index >= 15 is 0 Å². The van der Waals surface area contributed by atoms with Gasteiger partial charge in [-0.2, -0.15) is 0 Å². The Morgan fingerprint density at radius 1 is 1.19 bits per heavy atom. The van der Waals surface area contributed by atoms with Crippen LogP contribution in [0.1, 0.15) is 64.5 Å². The second-order valence-corrected chi connectivity index (χ2v) is 8.68. The summed E-state index contributed by atoms with van der Waals surface area (Å²) in [7, 11) is -3.25. The highest BCUT2D eigenvalue weighted by molar-refractivity contribution is 7.57. The molecule has 1 N–H and O–H groups in total. The zero-order valence-electron chi connectivity index (χ0n) is 15.7. The monoisotopic (exact) mass is 422 g/mol. The van der Waals surface area contributed by atoms with Crippen molar-refractivity contribution < 1.29 is 18.7 Å². The van der Waals surface area contributed by atoms with Gasteiger partial charge in [-0.15, -0.1) is 0 Å². The largest absolute Gasteiger partial charge is 0.388 e. The zero-order valence-corrected chi connectivity index (χ0v) is 18.1. The molecule has 148 valence electrons. The molecule has 1 aromatic carbocycles. The van der Waals surface area contributed by atoms with Gasteiger partial charge in [-0.05, 0) is 57.2 Å². The van der Waals surface area contributed by atoms with Gasteiger partial charge in [0.15, 0.2) is 0 Å². The minimum atomic E-state index is -3.25. The summed E-state index contributed by atoms with van der Waals surface area (Å²) < 4.78 is 23.5. The lowest BCUT2D eigenvalue weighted by molar-refractivity contribution is 0.167. The molecule has 1 unspecified atom stereocenters. The third-order valence-corrected chi connectivity index (χ3v) is 6.35. The molecule has 0 saturated heterocycles. The van der Waals surface area contributed by atoms with Gasteiger partial charge < -0.3 is 14.2 Å². The first-order valence-corrected chi connectivity index (χ1v) is 11.4. The van der Waals surface area contributed by atoms with Crippen LogP contribution in [0.2, 0.25) is 10.0 Å². The molecular formula is C19H29Cl2O4P. The van der Waals surface area contributed by atoms with Gasteiger partial charge >= 0.3 is 7.60 Å². The van der Waals surface area contributed by atoms with Gasteiger partial charge in [0.2, 0.25) is 0 Å². The van der Waals surface area contributed by atoms with Crippen LogP contribution in [0.25, 0.3) is 0 Å². The molecule has 0 spiro atoms. The molecular weight excluding hydrogens is 394 g/mol. The molecule has 26 heavy (non-hydrogen) atoms. The molecule has 0 aromatic heterocycles. The van der Waals surface area contributed by atoms with Crippen LogP contribution in [0, 0.1) is 0 Å². The van der Waals surface area contributed by atoms with Gasteiger partial charge in [-0.25, -0.2) is 0 Å². The quantitative estimate of drug-likeness (QED) is 0.363. The van der Waals surface area contributed by atoms with E-state index in [0.717, 1.165) is 24.8 Å². The highest BCUT2D eigenvalue weighted by atomic mass is 35.5. The summed E-state index contributed by atoms with van der Waals surface area (Å²) in [6.07, 6.45) is 3.13. The summed E-state index contributed by atoms with van der Waals surface area (Å²) in [6.45, 7) is 6.31. The van der Waals surface area contributed by atoms with Crippen LogP contribution in [0.5, 0.6) is 0 Å². The summed E-state index contributed by atoms with van der Waals surface area (Å²) in [6, 6.07) is 5.06. The fraction of sp³-hybridized carbons (Fsp3) is 0.579. The first-order valence-electron chi connectivity index (χ1n) is 9.07. The van der Waals surface area contributed by atoms with Crippen LogP contribution in [-0.2, 0) is 13.6 Å². The summed E-state index contributed by atoms with van der Waals surface area (Å²) in [5, 5.41) is 11.5.